The Morgan fingerprint density at radius 2 is 2.00 bits per heavy atom. The summed E-state index contributed by atoms with van der Waals surface area (Å²) in [6, 6.07) is 0. The Hall–Kier alpha value is -1.91. The second kappa shape index (κ2) is 6.14. The highest BCUT2D eigenvalue weighted by Crippen LogP contribution is 2.20. The van der Waals surface area contributed by atoms with E-state index in [0.29, 0.717) is 28.8 Å². The van der Waals surface area contributed by atoms with Crippen LogP contribution in [0.3, 0.4) is 0 Å². The zero-order valence-electron chi connectivity index (χ0n) is 10.8. The molecule has 1 aromatic rings. The van der Waals surface area contributed by atoms with Gasteiger partial charge in [0.25, 0.3) is 0 Å². The quantitative estimate of drug-likeness (QED) is 0.476. The van der Waals surface area contributed by atoms with Gasteiger partial charge in [-0.05, 0) is 26.3 Å². The normalized spacial score (nSPS) is 10.2. The monoisotopic (exact) mass is 251 g/mol. The van der Waals surface area contributed by atoms with Crippen molar-refractivity contribution in [1.82, 2.24) is 4.98 Å². The number of esters is 1. The van der Waals surface area contributed by atoms with Gasteiger partial charge in [-0.15, -0.1) is 0 Å². The van der Waals surface area contributed by atoms with Crippen LogP contribution in [0, 0.1) is 13.8 Å². The van der Waals surface area contributed by atoms with Crippen LogP contribution in [0.4, 0.5) is 0 Å². The smallest absolute Gasteiger partial charge is 0.355 e. The first-order valence-electron chi connectivity index (χ1n) is 5.86. The maximum Gasteiger partial charge on any atom is 0.355 e. The number of carbonyl (C=O) groups is 3. The van der Waals surface area contributed by atoms with Crippen LogP contribution in [0.15, 0.2) is 0 Å². The summed E-state index contributed by atoms with van der Waals surface area (Å²) in [4.78, 5) is 36.7. The summed E-state index contributed by atoms with van der Waals surface area (Å²) in [5.41, 5.74) is 2.01. The Labute approximate surface area is 106 Å². The lowest BCUT2D eigenvalue weighted by molar-refractivity contribution is -0.107. The predicted molar refractivity (Wildman–Crippen MR) is 65.9 cm³/mol. The van der Waals surface area contributed by atoms with Crippen LogP contribution in [0.2, 0.25) is 0 Å². The predicted octanol–water partition coefficient (Wildman–Crippen LogP) is 1.97. The Bertz CT molecular complexity index is 474. The molecular formula is C13H17NO4. The molecule has 0 amide bonds. The van der Waals surface area contributed by atoms with E-state index >= 15 is 0 Å². The fourth-order valence-corrected chi connectivity index (χ4v) is 1.89. The third-order valence-corrected chi connectivity index (χ3v) is 2.69. The van der Waals surface area contributed by atoms with Crippen molar-refractivity contribution < 1.29 is 19.1 Å². The number of aromatic nitrogens is 1. The molecule has 18 heavy (non-hydrogen) atoms. The minimum atomic E-state index is -0.465. The second-order valence-electron chi connectivity index (χ2n) is 3.97. The van der Waals surface area contributed by atoms with E-state index in [9.17, 15) is 14.4 Å². The van der Waals surface area contributed by atoms with Crippen LogP contribution in [0.5, 0.6) is 0 Å². The average molecular weight is 251 g/mol. The van der Waals surface area contributed by atoms with Crippen molar-refractivity contribution in [3.8, 4) is 0 Å². The number of H-pyrrole nitrogens is 1. The zero-order chi connectivity index (χ0) is 13.7. The number of rotatable bonds is 6. The van der Waals surface area contributed by atoms with Crippen molar-refractivity contribution in [3.05, 3.63) is 22.5 Å². The molecule has 0 bridgehead atoms. The van der Waals surface area contributed by atoms with Gasteiger partial charge in [0.1, 0.15) is 12.0 Å². The van der Waals surface area contributed by atoms with E-state index in [1.165, 1.54) is 0 Å². The van der Waals surface area contributed by atoms with E-state index in [2.05, 4.69) is 4.98 Å². The minimum Gasteiger partial charge on any atom is -0.461 e. The van der Waals surface area contributed by atoms with Gasteiger partial charge in [0.05, 0.1) is 6.61 Å². The number of aryl methyl sites for hydroxylation is 1. The molecule has 1 aromatic heterocycles. The van der Waals surface area contributed by atoms with Gasteiger partial charge >= 0.3 is 5.97 Å². The first-order valence-corrected chi connectivity index (χ1v) is 5.86. The van der Waals surface area contributed by atoms with Gasteiger partial charge < -0.3 is 14.5 Å². The third kappa shape index (κ3) is 2.85. The zero-order valence-corrected chi connectivity index (χ0v) is 10.8. The summed E-state index contributed by atoms with van der Waals surface area (Å²) in [6.07, 6.45) is 1.06. The number of ketones is 1. The molecule has 0 aliphatic rings. The van der Waals surface area contributed by atoms with Gasteiger partial charge in [-0.2, -0.15) is 0 Å². The molecule has 5 nitrogen and oxygen atoms in total. The van der Waals surface area contributed by atoms with Gasteiger partial charge in [-0.25, -0.2) is 4.79 Å². The van der Waals surface area contributed by atoms with Gasteiger partial charge in [0.15, 0.2) is 5.78 Å². The highest BCUT2D eigenvalue weighted by Gasteiger charge is 2.22. The molecule has 98 valence electrons. The molecule has 0 saturated carbocycles. The number of carbonyl (C=O) groups excluding carboxylic acids is 3. The van der Waals surface area contributed by atoms with Crippen LogP contribution in [-0.4, -0.2) is 29.6 Å². The van der Waals surface area contributed by atoms with Crippen LogP contribution >= 0.6 is 0 Å². The van der Waals surface area contributed by atoms with Crippen molar-refractivity contribution in [3.63, 3.8) is 0 Å². The molecule has 0 unspecified atom stereocenters. The van der Waals surface area contributed by atoms with Crippen molar-refractivity contribution in [2.24, 2.45) is 0 Å². The lowest BCUT2D eigenvalue weighted by Gasteiger charge is -2.01. The van der Waals surface area contributed by atoms with E-state index < -0.39 is 5.97 Å². The molecule has 0 aliphatic carbocycles. The standard InChI is InChI=1S/C13H17NO4/c1-4-18-13(17)12-8(2)11(9(3)14-12)10(16)6-5-7-15/h7,14H,4-6H2,1-3H3. The second-order valence-corrected chi connectivity index (χ2v) is 3.97. The molecule has 1 heterocycles. The topological polar surface area (TPSA) is 76.2 Å². The van der Waals surface area contributed by atoms with Crippen LogP contribution in [0.25, 0.3) is 0 Å². The minimum absolute atomic E-state index is 0.135. The maximum absolute atomic E-state index is 11.9. The first-order chi connectivity index (χ1) is 8.52. The number of hydrogen-bond donors (Lipinski definition) is 1. The fraction of sp³-hybridized carbons (Fsp3) is 0.462. The Balaban J connectivity index is 3.04. The number of aldehydes is 1. The third-order valence-electron chi connectivity index (χ3n) is 2.69. The molecule has 0 aromatic carbocycles. The summed E-state index contributed by atoms with van der Waals surface area (Å²) in [6.45, 7) is 5.43. The van der Waals surface area contributed by atoms with E-state index in [1.54, 1.807) is 20.8 Å². The SMILES string of the molecule is CCOC(=O)c1[nH]c(C)c(C(=O)CCC=O)c1C. The summed E-state index contributed by atoms with van der Waals surface area (Å²) in [5.74, 6) is -0.601. The molecule has 1 N–H and O–H groups in total. The van der Waals surface area contributed by atoms with Crippen molar-refractivity contribution >= 4 is 18.0 Å². The summed E-state index contributed by atoms with van der Waals surface area (Å²) in [5, 5.41) is 0. The molecule has 1 rings (SSSR count). The van der Waals surface area contributed by atoms with Crippen LogP contribution < -0.4 is 0 Å². The summed E-state index contributed by atoms with van der Waals surface area (Å²) >= 11 is 0. The average Bonchev–Trinajstić information content (AvgIpc) is 2.62. The largest absolute Gasteiger partial charge is 0.461 e. The molecule has 0 saturated heterocycles. The highest BCUT2D eigenvalue weighted by atomic mass is 16.5. The number of ether oxygens (including phenoxy) is 1. The number of Topliss-reactive ketones (excluding diaryl/α,β-unsaturated/α-hetero) is 1. The van der Waals surface area contributed by atoms with E-state index in [0.717, 1.165) is 0 Å². The molecular weight excluding hydrogens is 234 g/mol. The van der Waals surface area contributed by atoms with Crippen molar-refractivity contribution in [2.75, 3.05) is 6.61 Å². The summed E-state index contributed by atoms with van der Waals surface area (Å²) in [7, 11) is 0. The lowest BCUT2D eigenvalue weighted by atomic mass is 10.0. The van der Waals surface area contributed by atoms with E-state index in [1.807, 2.05) is 0 Å². The number of aromatic amines is 1. The first kappa shape index (κ1) is 14.2. The van der Waals surface area contributed by atoms with Crippen molar-refractivity contribution in [1.29, 1.82) is 0 Å². The van der Waals surface area contributed by atoms with Crippen molar-refractivity contribution in [2.45, 2.75) is 33.6 Å². The van der Waals surface area contributed by atoms with Gasteiger partial charge in [0.2, 0.25) is 0 Å². The van der Waals surface area contributed by atoms with Gasteiger partial charge in [-0.3, -0.25) is 4.79 Å². The number of hydrogen-bond acceptors (Lipinski definition) is 4. The van der Waals surface area contributed by atoms with E-state index in [-0.39, 0.29) is 25.2 Å². The highest BCUT2D eigenvalue weighted by molar-refractivity contribution is 6.02. The maximum atomic E-state index is 11.9. The van der Waals surface area contributed by atoms with Gasteiger partial charge in [0, 0.05) is 24.1 Å². The molecule has 5 heteroatoms. The fourth-order valence-electron chi connectivity index (χ4n) is 1.89. The Morgan fingerprint density at radius 1 is 1.33 bits per heavy atom. The van der Waals surface area contributed by atoms with Gasteiger partial charge in [-0.1, -0.05) is 0 Å². The number of nitrogens with one attached hydrogen (secondary N) is 1. The Kier molecular flexibility index (Phi) is 4.83. The lowest BCUT2D eigenvalue weighted by Crippen LogP contribution is -2.07. The van der Waals surface area contributed by atoms with Crippen LogP contribution in [-0.2, 0) is 9.53 Å². The molecule has 0 fully saturated rings. The summed E-state index contributed by atoms with van der Waals surface area (Å²) < 4.78 is 4.90. The van der Waals surface area contributed by atoms with E-state index in [4.69, 9.17) is 4.74 Å². The molecule has 0 aliphatic heterocycles. The van der Waals surface area contributed by atoms with Crippen LogP contribution in [0.1, 0.15) is 51.9 Å². The Morgan fingerprint density at radius 3 is 2.56 bits per heavy atom. The molecule has 0 radical (unpaired) electrons. The molecule has 0 spiro atoms. The molecule has 0 atom stereocenters.